The summed E-state index contributed by atoms with van der Waals surface area (Å²) < 4.78 is 23.2. The van der Waals surface area contributed by atoms with Gasteiger partial charge in [-0.2, -0.15) is 0 Å². The summed E-state index contributed by atoms with van der Waals surface area (Å²) in [5.41, 5.74) is 0.334. The Labute approximate surface area is 78.9 Å². The lowest BCUT2D eigenvalue weighted by Crippen LogP contribution is -2.51. The van der Waals surface area contributed by atoms with Crippen LogP contribution in [0.1, 0.15) is 25.7 Å². The molecule has 0 amide bonds. The number of sulfone groups is 1. The van der Waals surface area contributed by atoms with Crippen LogP contribution in [0.4, 0.5) is 0 Å². The molecule has 1 saturated heterocycles. The summed E-state index contributed by atoms with van der Waals surface area (Å²) in [6, 6.07) is 0. The van der Waals surface area contributed by atoms with Crippen LogP contribution in [0.2, 0.25) is 0 Å². The molecule has 0 unspecified atom stereocenters. The number of hydrogen-bond donors (Lipinski definition) is 0. The van der Waals surface area contributed by atoms with Crippen LogP contribution in [-0.4, -0.2) is 19.9 Å². The normalized spacial score (nSPS) is 50.8. The summed E-state index contributed by atoms with van der Waals surface area (Å²) in [4.78, 5) is 0. The molecule has 0 radical (unpaired) electrons. The van der Waals surface area contributed by atoms with E-state index in [1.54, 1.807) is 0 Å². The van der Waals surface area contributed by atoms with Crippen molar-refractivity contribution in [1.29, 1.82) is 0 Å². The monoisotopic (exact) mass is 198 g/mol. The molecule has 2 atom stereocenters. The Hall–Kier alpha value is -0.310. The van der Waals surface area contributed by atoms with E-state index in [1.165, 1.54) is 0 Å². The summed E-state index contributed by atoms with van der Waals surface area (Å²) in [5, 5.41) is 0. The van der Waals surface area contributed by atoms with E-state index in [0.29, 0.717) is 11.5 Å². The molecule has 1 heterocycles. The average molecular weight is 198 g/mol. The van der Waals surface area contributed by atoms with Crippen molar-refractivity contribution in [2.24, 2.45) is 10.8 Å². The molecule has 0 bridgehead atoms. The fourth-order valence-electron chi connectivity index (χ4n) is 3.55. The molecular weight excluding hydrogens is 184 g/mol. The molecule has 3 rings (SSSR count). The Kier molecular flexibility index (Phi) is 1.25. The van der Waals surface area contributed by atoms with Crippen molar-refractivity contribution in [3.8, 4) is 0 Å². The fourth-order valence-corrected chi connectivity index (χ4v) is 6.47. The van der Waals surface area contributed by atoms with Gasteiger partial charge in [-0.25, -0.2) is 8.42 Å². The topological polar surface area (TPSA) is 34.1 Å². The molecule has 1 saturated carbocycles. The van der Waals surface area contributed by atoms with Crippen molar-refractivity contribution in [2.75, 3.05) is 11.5 Å². The molecule has 2 aliphatic carbocycles. The van der Waals surface area contributed by atoms with Gasteiger partial charge in [-0.15, -0.1) is 0 Å². The van der Waals surface area contributed by atoms with Crippen molar-refractivity contribution in [1.82, 2.24) is 0 Å². The second-order valence-corrected chi connectivity index (χ2v) is 7.04. The van der Waals surface area contributed by atoms with E-state index in [2.05, 4.69) is 12.2 Å². The Morgan fingerprint density at radius 1 is 0.923 bits per heavy atom. The van der Waals surface area contributed by atoms with Gasteiger partial charge in [-0.3, -0.25) is 0 Å². The zero-order valence-corrected chi connectivity index (χ0v) is 8.44. The van der Waals surface area contributed by atoms with E-state index in [4.69, 9.17) is 0 Å². The minimum absolute atomic E-state index is 0.167. The minimum Gasteiger partial charge on any atom is -0.229 e. The highest BCUT2D eigenvalue weighted by Gasteiger charge is 2.65. The van der Waals surface area contributed by atoms with E-state index >= 15 is 0 Å². The van der Waals surface area contributed by atoms with Crippen molar-refractivity contribution in [2.45, 2.75) is 25.7 Å². The molecule has 13 heavy (non-hydrogen) atoms. The van der Waals surface area contributed by atoms with Crippen LogP contribution in [-0.2, 0) is 9.84 Å². The van der Waals surface area contributed by atoms with Crippen molar-refractivity contribution in [3.63, 3.8) is 0 Å². The van der Waals surface area contributed by atoms with Gasteiger partial charge in [-0.05, 0) is 36.5 Å². The Bertz CT molecular complexity index is 352. The van der Waals surface area contributed by atoms with E-state index in [-0.39, 0.29) is 10.8 Å². The van der Waals surface area contributed by atoms with Crippen LogP contribution in [0.15, 0.2) is 12.2 Å². The SMILES string of the molecule is O=S1(=O)C[C@]23CC=CC[C@@]2(CC3)C1. The highest BCUT2D eigenvalue weighted by Crippen LogP contribution is 2.67. The van der Waals surface area contributed by atoms with E-state index in [9.17, 15) is 8.42 Å². The maximum absolute atomic E-state index is 11.6. The Balaban J connectivity index is 2.11. The van der Waals surface area contributed by atoms with Crippen LogP contribution in [0.25, 0.3) is 0 Å². The van der Waals surface area contributed by atoms with E-state index in [1.807, 2.05) is 0 Å². The number of rotatable bonds is 0. The first kappa shape index (κ1) is 8.04. The minimum atomic E-state index is -2.72. The maximum Gasteiger partial charge on any atom is 0.151 e. The number of allylic oxidation sites excluding steroid dienone is 2. The summed E-state index contributed by atoms with van der Waals surface area (Å²) in [6.45, 7) is 0. The van der Waals surface area contributed by atoms with E-state index < -0.39 is 9.84 Å². The quantitative estimate of drug-likeness (QED) is 0.553. The van der Waals surface area contributed by atoms with Crippen LogP contribution in [0, 0.1) is 10.8 Å². The summed E-state index contributed by atoms with van der Waals surface area (Å²) in [5.74, 6) is 0.925. The van der Waals surface area contributed by atoms with Crippen LogP contribution < -0.4 is 0 Å². The largest absolute Gasteiger partial charge is 0.229 e. The van der Waals surface area contributed by atoms with Gasteiger partial charge in [0, 0.05) is 0 Å². The van der Waals surface area contributed by atoms with Crippen molar-refractivity contribution in [3.05, 3.63) is 12.2 Å². The smallest absolute Gasteiger partial charge is 0.151 e. The molecular formula is C10H14O2S. The predicted molar refractivity (Wildman–Crippen MR) is 51.1 cm³/mol. The van der Waals surface area contributed by atoms with Gasteiger partial charge in [0.2, 0.25) is 0 Å². The highest BCUT2D eigenvalue weighted by molar-refractivity contribution is 7.91. The average Bonchev–Trinajstić information content (AvgIpc) is 2.21. The van der Waals surface area contributed by atoms with Gasteiger partial charge in [0.1, 0.15) is 0 Å². The summed E-state index contributed by atoms with van der Waals surface area (Å²) in [7, 11) is -2.72. The lowest BCUT2D eigenvalue weighted by Gasteiger charge is -2.56. The van der Waals surface area contributed by atoms with Gasteiger partial charge in [0.15, 0.2) is 9.84 Å². The van der Waals surface area contributed by atoms with Crippen LogP contribution in [0.5, 0.6) is 0 Å². The fraction of sp³-hybridized carbons (Fsp3) is 0.800. The third-order valence-electron chi connectivity index (χ3n) is 4.38. The highest BCUT2D eigenvalue weighted by atomic mass is 32.2. The first-order chi connectivity index (χ1) is 6.08. The predicted octanol–water partition coefficient (Wildman–Crippen LogP) is 1.53. The van der Waals surface area contributed by atoms with E-state index in [0.717, 1.165) is 25.7 Å². The summed E-state index contributed by atoms with van der Waals surface area (Å²) in [6.07, 6.45) is 8.64. The standard InChI is InChI=1S/C10H14O2S/c11-13(12)7-9-3-1-2-4-10(9,8-13)6-5-9/h1-2H,3-8H2/t9-,10-/m1/s1. The Morgan fingerprint density at radius 2 is 1.38 bits per heavy atom. The molecule has 3 aliphatic rings. The van der Waals surface area contributed by atoms with Gasteiger partial charge >= 0.3 is 0 Å². The molecule has 0 aromatic heterocycles. The zero-order valence-electron chi connectivity index (χ0n) is 7.62. The van der Waals surface area contributed by atoms with Crippen molar-refractivity contribution < 1.29 is 8.42 Å². The molecule has 72 valence electrons. The molecule has 0 aromatic rings. The molecule has 2 fully saturated rings. The second-order valence-electron chi connectivity index (χ2n) is 4.97. The van der Waals surface area contributed by atoms with Gasteiger partial charge < -0.3 is 0 Å². The molecule has 0 spiro atoms. The molecule has 1 aliphatic heterocycles. The zero-order chi connectivity index (χ0) is 9.16. The van der Waals surface area contributed by atoms with Crippen molar-refractivity contribution >= 4 is 9.84 Å². The lowest BCUT2D eigenvalue weighted by molar-refractivity contribution is -0.0325. The van der Waals surface area contributed by atoms with Gasteiger partial charge in [0.05, 0.1) is 11.5 Å². The third-order valence-corrected chi connectivity index (χ3v) is 6.37. The van der Waals surface area contributed by atoms with Gasteiger partial charge in [0.25, 0.3) is 0 Å². The van der Waals surface area contributed by atoms with Crippen LogP contribution >= 0.6 is 0 Å². The molecule has 3 heteroatoms. The number of hydrogen-bond acceptors (Lipinski definition) is 2. The first-order valence-electron chi connectivity index (χ1n) is 4.93. The lowest BCUT2D eigenvalue weighted by atomic mass is 9.47. The second kappa shape index (κ2) is 2.02. The first-order valence-corrected chi connectivity index (χ1v) is 6.75. The summed E-state index contributed by atoms with van der Waals surface area (Å²) >= 11 is 0. The molecule has 0 aromatic carbocycles. The Morgan fingerprint density at radius 3 is 1.77 bits per heavy atom. The van der Waals surface area contributed by atoms with Gasteiger partial charge in [-0.1, -0.05) is 12.2 Å². The van der Waals surface area contributed by atoms with Crippen LogP contribution in [0.3, 0.4) is 0 Å². The molecule has 2 nitrogen and oxygen atoms in total. The third kappa shape index (κ3) is 0.815. The molecule has 0 N–H and O–H groups in total. The maximum atomic E-state index is 11.6.